The smallest absolute Gasteiger partial charge is 0.170 e. The van der Waals surface area contributed by atoms with Gasteiger partial charge in [-0.15, -0.1) is 0 Å². The summed E-state index contributed by atoms with van der Waals surface area (Å²) in [6.07, 6.45) is 1.77. The Balaban J connectivity index is 2.42. The number of benzene rings is 1. The molecule has 1 fully saturated rings. The van der Waals surface area contributed by atoms with Crippen molar-refractivity contribution in [3.63, 3.8) is 0 Å². The van der Waals surface area contributed by atoms with Crippen LogP contribution in [0.2, 0.25) is 0 Å². The van der Waals surface area contributed by atoms with Crippen LogP contribution in [0.4, 0.5) is 0 Å². The maximum atomic E-state index is 12.5. The molecule has 0 heterocycles. The van der Waals surface area contributed by atoms with Crippen molar-refractivity contribution in [3.05, 3.63) is 23.3 Å². The number of ether oxygens (including phenoxy) is 2. The SMILES string of the molecule is COc1cc(C)c(C(=O)C2(CN)CC2)cc1OC. The van der Waals surface area contributed by atoms with Gasteiger partial charge in [0.15, 0.2) is 17.3 Å². The number of hydrogen-bond acceptors (Lipinski definition) is 4. The second-order valence-corrected chi connectivity index (χ2v) is 4.84. The molecule has 0 spiro atoms. The molecule has 1 aliphatic carbocycles. The minimum absolute atomic E-state index is 0.128. The Morgan fingerprint density at radius 1 is 1.28 bits per heavy atom. The van der Waals surface area contributed by atoms with Gasteiger partial charge in [0, 0.05) is 17.5 Å². The highest BCUT2D eigenvalue weighted by Crippen LogP contribution is 2.48. The summed E-state index contributed by atoms with van der Waals surface area (Å²) in [7, 11) is 3.15. The molecule has 18 heavy (non-hydrogen) atoms. The number of methoxy groups -OCH3 is 2. The summed E-state index contributed by atoms with van der Waals surface area (Å²) in [5.41, 5.74) is 6.97. The number of hydrogen-bond donors (Lipinski definition) is 1. The van der Waals surface area contributed by atoms with Gasteiger partial charge in [-0.1, -0.05) is 0 Å². The molecule has 2 rings (SSSR count). The molecule has 0 saturated heterocycles. The van der Waals surface area contributed by atoms with Gasteiger partial charge in [-0.25, -0.2) is 0 Å². The summed E-state index contributed by atoms with van der Waals surface area (Å²) in [6, 6.07) is 3.59. The van der Waals surface area contributed by atoms with E-state index in [9.17, 15) is 4.79 Å². The fraction of sp³-hybridized carbons (Fsp3) is 0.500. The van der Waals surface area contributed by atoms with Gasteiger partial charge in [0.25, 0.3) is 0 Å². The van der Waals surface area contributed by atoms with E-state index in [1.54, 1.807) is 20.3 Å². The third kappa shape index (κ3) is 1.97. The normalized spacial score (nSPS) is 16.2. The van der Waals surface area contributed by atoms with Crippen LogP contribution in [0.1, 0.15) is 28.8 Å². The lowest BCUT2D eigenvalue weighted by atomic mass is 9.91. The number of nitrogens with two attached hydrogens (primary N) is 1. The van der Waals surface area contributed by atoms with Crippen LogP contribution >= 0.6 is 0 Å². The topological polar surface area (TPSA) is 61.5 Å². The van der Waals surface area contributed by atoms with Gasteiger partial charge >= 0.3 is 0 Å². The molecule has 2 N–H and O–H groups in total. The molecule has 1 aliphatic rings. The average Bonchev–Trinajstić information content (AvgIpc) is 3.18. The summed E-state index contributed by atoms with van der Waals surface area (Å²) in [6.45, 7) is 2.32. The molecular weight excluding hydrogens is 230 g/mol. The van der Waals surface area contributed by atoms with E-state index in [4.69, 9.17) is 15.2 Å². The van der Waals surface area contributed by atoms with Gasteiger partial charge in [-0.2, -0.15) is 0 Å². The fourth-order valence-electron chi connectivity index (χ4n) is 2.19. The van der Waals surface area contributed by atoms with Gasteiger partial charge < -0.3 is 15.2 Å². The first kappa shape index (κ1) is 12.9. The minimum atomic E-state index is -0.329. The van der Waals surface area contributed by atoms with Crippen molar-refractivity contribution in [3.8, 4) is 11.5 Å². The van der Waals surface area contributed by atoms with Crippen LogP contribution in [0, 0.1) is 12.3 Å². The lowest BCUT2D eigenvalue weighted by Crippen LogP contribution is -2.26. The summed E-state index contributed by atoms with van der Waals surface area (Å²) in [5.74, 6) is 1.35. The van der Waals surface area contributed by atoms with Gasteiger partial charge in [0.1, 0.15) is 0 Å². The summed E-state index contributed by atoms with van der Waals surface area (Å²) in [4.78, 5) is 12.5. The molecule has 0 unspecified atom stereocenters. The Hall–Kier alpha value is -1.55. The lowest BCUT2D eigenvalue weighted by molar-refractivity contribution is 0.0904. The van der Waals surface area contributed by atoms with Crippen LogP contribution in [0.5, 0.6) is 11.5 Å². The van der Waals surface area contributed by atoms with Crippen molar-refractivity contribution in [2.24, 2.45) is 11.1 Å². The van der Waals surface area contributed by atoms with Crippen molar-refractivity contribution < 1.29 is 14.3 Å². The zero-order chi connectivity index (χ0) is 13.3. The third-order valence-electron chi connectivity index (χ3n) is 3.70. The Morgan fingerprint density at radius 2 is 1.83 bits per heavy atom. The van der Waals surface area contributed by atoms with Crippen molar-refractivity contribution in [1.29, 1.82) is 0 Å². The van der Waals surface area contributed by atoms with Gasteiger partial charge in [-0.3, -0.25) is 4.79 Å². The van der Waals surface area contributed by atoms with Gasteiger partial charge in [0.2, 0.25) is 0 Å². The van der Waals surface area contributed by atoms with Gasteiger partial charge in [-0.05, 0) is 37.5 Å². The highest BCUT2D eigenvalue weighted by atomic mass is 16.5. The second kappa shape index (κ2) is 4.61. The average molecular weight is 249 g/mol. The second-order valence-electron chi connectivity index (χ2n) is 4.84. The molecule has 1 aromatic carbocycles. The van der Waals surface area contributed by atoms with E-state index in [2.05, 4.69) is 0 Å². The van der Waals surface area contributed by atoms with E-state index in [1.807, 2.05) is 13.0 Å². The highest BCUT2D eigenvalue weighted by molar-refractivity contribution is 6.04. The molecule has 0 amide bonds. The quantitative estimate of drug-likeness (QED) is 0.810. The summed E-state index contributed by atoms with van der Waals surface area (Å²) < 4.78 is 10.5. The molecule has 0 bridgehead atoms. The first-order valence-electron chi connectivity index (χ1n) is 6.05. The monoisotopic (exact) mass is 249 g/mol. The van der Waals surface area contributed by atoms with Crippen LogP contribution in [-0.2, 0) is 0 Å². The molecule has 0 aromatic heterocycles. The fourth-order valence-corrected chi connectivity index (χ4v) is 2.19. The first-order valence-corrected chi connectivity index (χ1v) is 6.05. The molecule has 1 saturated carbocycles. The largest absolute Gasteiger partial charge is 0.493 e. The molecule has 4 heteroatoms. The number of Topliss-reactive ketones (excluding diaryl/α,β-unsaturated/α-hetero) is 1. The van der Waals surface area contributed by atoms with E-state index in [1.165, 1.54) is 0 Å². The first-order chi connectivity index (χ1) is 8.57. The Bertz CT molecular complexity index is 478. The number of ketones is 1. The Labute approximate surface area is 107 Å². The van der Waals surface area contributed by atoms with Crippen LogP contribution in [0.3, 0.4) is 0 Å². The zero-order valence-electron chi connectivity index (χ0n) is 11.1. The summed E-state index contributed by atoms with van der Waals surface area (Å²) >= 11 is 0. The Kier molecular flexibility index (Phi) is 3.30. The molecule has 0 aliphatic heterocycles. The minimum Gasteiger partial charge on any atom is -0.493 e. The molecular formula is C14H19NO3. The maximum absolute atomic E-state index is 12.5. The molecule has 98 valence electrons. The van der Waals surface area contributed by atoms with Crippen LogP contribution in [0.15, 0.2) is 12.1 Å². The number of carbonyl (C=O) groups is 1. The van der Waals surface area contributed by atoms with E-state index in [-0.39, 0.29) is 11.2 Å². The molecule has 0 radical (unpaired) electrons. The predicted molar refractivity (Wildman–Crippen MR) is 69.3 cm³/mol. The van der Waals surface area contributed by atoms with Crippen molar-refractivity contribution in [1.82, 2.24) is 0 Å². The van der Waals surface area contributed by atoms with Crippen LogP contribution in [0.25, 0.3) is 0 Å². The Morgan fingerprint density at radius 3 is 2.28 bits per heavy atom. The maximum Gasteiger partial charge on any atom is 0.170 e. The van der Waals surface area contributed by atoms with Crippen molar-refractivity contribution >= 4 is 5.78 Å². The zero-order valence-corrected chi connectivity index (χ0v) is 11.1. The molecule has 1 aromatic rings. The van der Waals surface area contributed by atoms with E-state index >= 15 is 0 Å². The lowest BCUT2D eigenvalue weighted by Gasteiger charge is -2.16. The molecule has 0 atom stereocenters. The standard InChI is InChI=1S/C14H19NO3/c1-9-6-11(17-2)12(18-3)7-10(9)13(16)14(8-15)4-5-14/h6-7H,4-5,8,15H2,1-3H3. The highest BCUT2D eigenvalue weighted by Gasteiger charge is 2.49. The summed E-state index contributed by atoms with van der Waals surface area (Å²) in [5, 5.41) is 0. The van der Waals surface area contributed by atoms with E-state index in [0.29, 0.717) is 23.6 Å². The van der Waals surface area contributed by atoms with Crippen LogP contribution in [-0.4, -0.2) is 26.5 Å². The van der Waals surface area contributed by atoms with E-state index in [0.717, 1.165) is 18.4 Å². The van der Waals surface area contributed by atoms with Crippen molar-refractivity contribution in [2.75, 3.05) is 20.8 Å². The van der Waals surface area contributed by atoms with E-state index < -0.39 is 0 Å². The number of carbonyl (C=O) groups excluding carboxylic acids is 1. The molecule has 4 nitrogen and oxygen atoms in total. The van der Waals surface area contributed by atoms with Crippen molar-refractivity contribution in [2.45, 2.75) is 19.8 Å². The number of aryl methyl sites for hydroxylation is 1. The number of rotatable bonds is 5. The predicted octanol–water partition coefficient (Wildman–Crippen LogP) is 1.93. The van der Waals surface area contributed by atoms with Gasteiger partial charge in [0.05, 0.1) is 14.2 Å². The van der Waals surface area contributed by atoms with Crippen LogP contribution < -0.4 is 15.2 Å². The third-order valence-corrected chi connectivity index (χ3v) is 3.70.